The first-order valence-corrected chi connectivity index (χ1v) is 11.6. The average Bonchev–Trinajstić information content (AvgIpc) is 2.73. The van der Waals surface area contributed by atoms with E-state index in [0.717, 1.165) is 5.56 Å². The first-order valence-electron chi connectivity index (χ1n) is 9.08. The molecular formula is C20H23FN2O3S2. The zero-order valence-corrected chi connectivity index (χ0v) is 17.3. The van der Waals surface area contributed by atoms with Gasteiger partial charge in [0.05, 0.1) is 10.1 Å². The molecule has 0 bridgehead atoms. The minimum Gasteiger partial charge on any atom is -0.339 e. The maximum Gasteiger partial charge on any atom is 0.243 e. The lowest BCUT2D eigenvalue weighted by Gasteiger charge is -2.35. The summed E-state index contributed by atoms with van der Waals surface area (Å²) in [5.41, 5.74) is 0.963. The van der Waals surface area contributed by atoms with Crippen LogP contribution in [0.15, 0.2) is 59.5 Å². The van der Waals surface area contributed by atoms with Crippen LogP contribution in [0.5, 0.6) is 0 Å². The monoisotopic (exact) mass is 422 g/mol. The molecule has 1 fully saturated rings. The number of thioether (sulfide) groups is 1. The van der Waals surface area contributed by atoms with Crippen molar-refractivity contribution in [2.24, 2.45) is 0 Å². The third-order valence-corrected chi connectivity index (χ3v) is 7.81. The van der Waals surface area contributed by atoms with Gasteiger partial charge < -0.3 is 4.90 Å². The molecule has 0 aliphatic carbocycles. The van der Waals surface area contributed by atoms with Gasteiger partial charge in [-0.1, -0.05) is 30.3 Å². The van der Waals surface area contributed by atoms with Crippen LogP contribution in [-0.4, -0.2) is 55.0 Å². The fourth-order valence-electron chi connectivity index (χ4n) is 3.02. The molecule has 1 aliphatic heterocycles. The van der Waals surface area contributed by atoms with E-state index in [0.29, 0.717) is 18.8 Å². The van der Waals surface area contributed by atoms with E-state index in [1.807, 2.05) is 6.92 Å². The van der Waals surface area contributed by atoms with Crippen LogP contribution in [0.2, 0.25) is 0 Å². The lowest BCUT2D eigenvalue weighted by molar-refractivity contribution is -0.131. The maximum atomic E-state index is 13.0. The van der Waals surface area contributed by atoms with Gasteiger partial charge in [0.2, 0.25) is 15.9 Å². The number of piperazine rings is 1. The number of sulfonamides is 1. The van der Waals surface area contributed by atoms with Gasteiger partial charge in [0.15, 0.2) is 0 Å². The average molecular weight is 423 g/mol. The summed E-state index contributed by atoms with van der Waals surface area (Å²) in [5, 5.41) is -0.248. The Morgan fingerprint density at radius 2 is 1.64 bits per heavy atom. The summed E-state index contributed by atoms with van der Waals surface area (Å²) >= 11 is 1.49. The van der Waals surface area contributed by atoms with Gasteiger partial charge in [-0.3, -0.25) is 4.79 Å². The largest absolute Gasteiger partial charge is 0.339 e. The van der Waals surface area contributed by atoms with Gasteiger partial charge in [-0.25, -0.2) is 12.8 Å². The highest BCUT2D eigenvalue weighted by molar-refractivity contribution is 7.99. The Bertz CT molecular complexity index is 897. The number of hydrogen-bond donors (Lipinski definition) is 0. The van der Waals surface area contributed by atoms with Gasteiger partial charge >= 0.3 is 0 Å². The van der Waals surface area contributed by atoms with Crippen LogP contribution < -0.4 is 0 Å². The molecular weight excluding hydrogens is 399 g/mol. The molecule has 0 spiro atoms. The molecule has 150 valence electrons. The van der Waals surface area contributed by atoms with Gasteiger partial charge in [-0.15, -0.1) is 11.8 Å². The molecule has 1 unspecified atom stereocenters. The second kappa shape index (κ2) is 9.07. The fraction of sp³-hybridized carbons (Fsp3) is 0.350. The van der Waals surface area contributed by atoms with E-state index in [1.165, 1.54) is 28.2 Å². The second-order valence-electron chi connectivity index (χ2n) is 6.62. The van der Waals surface area contributed by atoms with Crippen molar-refractivity contribution in [3.63, 3.8) is 0 Å². The van der Waals surface area contributed by atoms with Gasteiger partial charge in [-0.2, -0.15) is 4.31 Å². The fourth-order valence-corrected chi connectivity index (χ4v) is 5.39. The van der Waals surface area contributed by atoms with Crippen LogP contribution in [0.25, 0.3) is 0 Å². The molecule has 1 aliphatic rings. The van der Waals surface area contributed by atoms with Crippen LogP contribution in [0.1, 0.15) is 12.5 Å². The van der Waals surface area contributed by atoms with Crippen molar-refractivity contribution in [2.75, 3.05) is 26.2 Å². The number of nitrogens with zero attached hydrogens (tertiary/aromatic N) is 2. The predicted molar refractivity (Wildman–Crippen MR) is 109 cm³/mol. The number of amides is 1. The third-order valence-electron chi connectivity index (χ3n) is 4.69. The summed E-state index contributed by atoms with van der Waals surface area (Å²) < 4.78 is 39.7. The number of rotatable bonds is 6. The Morgan fingerprint density at radius 1 is 1.04 bits per heavy atom. The van der Waals surface area contributed by atoms with E-state index >= 15 is 0 Å². The molecule has 1 saturated heterocycles. The Morgan fingerprint density at radius 3 is 2.25 bits per heavy atom. The van der Waals surface area contributed by atoms with E-state index in [4.69, 9.17) is 0 Å². The molecule has 5 nitrogen and oxygen atoms in total. The molecule has 1 atom stereocenters. The van der Waals surface area contributed by atoms with Crippen molar-refractivity contribution in [1.29, 1.82) is 0 Å². The van der Waals surface area contributed by atoms with Gasteiger partial charge in [-0.05, 0) is 36.8 Å². The third kappa shape index (κ3) is 4.92. The van der Waals surface area contributed by atoms with E-state index < -0.39 is 10.0 Å². The van der Waals surface area contributed by atoms with Crippen molar-refractivity contribution < 1.29 is 17.6 Å². The molecule has 0 radical (unpaired) electrons. The molecule has 1 heterocycles. The number of carbonyl (C=O) groups excluding carboxylic acids is 1. The lowest BCUT2D eigenvalue weighted by Crippen LogP contribution is -2.52. The van der Waals surface area contributed by atoms with Crippen LogP contribution in [0.3, 0.4) is 0 Å². The highest BCUT2D eigenvalue weighted by Gasteiger charge is 2.31. The van der Waals surface area contributed by atoms with Crippen LogP contribution in [0, 0.1) is 5.82 Å². The van der Waals surface area contributed by atoms with E-state index in [-0.39, 0.29) is 35.0 Å². The zero-order valence-electron chi connectivity index (χ0n) is 15.6. The Hall–Kier alpha value is -1.90. The number of benzene rings is 2. The topological polar surface area (TPSA) is 57.7 Å². The lowest BCUT2D eigenvalue weighted by atomic mass is 10.2. The summed E-state index contributed by atoms with van der Waals surface area (Å²) in [4.78, 5) is 14.7. The smallest absolute Gasteiger partial charge is 0.243 e. The minimum atomic E-state index is -3.52. The van der Waals surface area contributed by atoms with Crippen LogP contribution >= 0.6 is 11.8 Å². The number of halogens is 1. The molecule has 0 N–H and O–H groups in total. The van der Waals surface area contributed by atoms with Crippen molar-refractivity contribution in [3.8, 4) is 0 Å². The van der Waals surface area contributed by atoms with Gasteiger partial charge in [0.25, 0.3) is 0 Å². The first kappa shape index (κ1) is 20.8. The molecule has 2 aromatic carbocycles. The predicted octanol–water partition coefficient (Wildman–Crippen LogP) is 2.98. The maximum absolute atomic E-state index is 13.0. The van der Waals surface area contributed by atoms with Crippen molar-refractivity contribution in [2.45, 2.75) is 22.8 Å². The Kier molecular flexibility index (Phi) is 6.74. The summed E-state index contributed by atoms with van der Waals surface area (Å²) in [5.74, 6) is 0.347. The first-order chi connectivity index (χ1) is 13.4. The second-order valence-corrected chi connectivity index (χ2v) is 9.89. The normalized spacial score (nSPS) is 16.7. The highest BCUT2D eigenvalue weighted by Crippen LogP contribution is 2.22. The highest BCUT2D eigenvalue weighted by atomic mass is 32.2. The van der Waals surface area contributed by atoms with Crippen molar-refractivity contribution >= 4 is 27.7 Å². The standard InChI is InChI=1S/C20H23FN2O3S2/c1-16(27-15-17-7-9-18(21)10-8-17)20(24)22-11-13-23(14-12-22)28(25,26)19-5-3-2-4-6-19/h2-10,16H,11-15H2,1H3. The number of hydrogen-bond acceptors (Lipinski definition) is 4. The van der Waals surface area contributed by atoms with E-state index in [2.05, 4.69) is 0 Å². The van der Waals surface area contributed by atoms with Crippen molar-refractivity contribution in [3.05, 3.63) is 66.0 Å². The molecule has 0 saturated carbocycles. The molecule has 2 aromatic rings. The van der Waals surface area contributed by atoms with Crippen LogP contribution in [0.4, 0.5) is 4.39 Å². The summed E-state index contributed by atoms with van der Waals surface area (Å²) in [6.07, 6.45) is 0. The summed E-state index contributed by atoms with van der Waals surface area (Å²) in [6, 6.07) is 14.6. The van der Waals surface area contributed by atoms with Gasteiger partial charge in [0, 0.05) is 31.9 Å². The molecule has 8 heteroatoms. The molecule has 0 aromatic heterocycles. The summed E-state index contributed by atoms with van der Waals surface area (Å²) in [6.45, 7) is 3.19. The number of carbonyl (C=O) groups is 1. The van der Waals surface area contributed by atoms with E-state index in [9.17, 15) is 17.6 Å². The zero-order chi connectivity index (χ0) is 20.1. The Balaban J connectivity index is 1.52. The summed E-state index contributed by atoms with van der Waals surface area (Å²) in [7, 11) is -3.52. The van der Waals surface area contributed by atoms with E-state index in [1.54, 1.807) is 47.4 Å². The van der Waals surface area contributed by atoms with Crippen molar-refractivity contribution in [1.82, 2.24) is 9.21 Å². The SMILES string of the molecule is CC(SCc1ccc(F)cc1)C(=O)N1CCN(S(=O)(=O)c2ccccc2)CC1. The molecule has 28 heavy (non-hydrogen) atoms. The minimum absolute atomic E-state index is 0.00358. The van der Waals surface area contributed by atoms with Crippen LogP contribution in [-0.2, 0) is 20.6 Å². The van der Waals surface area contributed by atoms with Gasteiger partial charge in [0.1, 0.15) is 5.82 Å². The molecule has 1 amide bonds. The quantitative estimate of drug-likeness (QED) is 0.718. The molecule has 3 rings (SSSR count). The Labute approximate surface area is 169 Å².